The molecule has 1 aliphatic rings. The van der Waals surface area contributed by atoms with E-state index in [4.69, 9.17) is 9.26 Å². The minimum absolute atomic E-state index is 0.00171. The van der Waals surface area contributed by atoms with Crippen molar-refractivity contribution in [2.45, 2.75) is 19.4 Å². The Labute approximate surface area is 117 Å². The smallest absolute Gasteiger partial charge is 0.280 e. The molecule has 1 amide bonds. The first-order chi connectivity index (χ1) is 9.69. The molecule has 3 rings (SSSR count). The minimum atomic E-state index is -0.156. The highest BCUT2D eigenvalue weighted by molar-refractivity contribution is 6.05. The highest BCUT2D eigenvalue weighted by Crippen LogP contribution is 2.29. The molecular formula is C15H16N2O3. The van der Waals surface area contributed by atoms with Crippen LogP contribution in [-0.2, 0) is 11.2 Å². The number of carbonyl (C=O) groups excluding carboxylic acids is 1. The van der Waals surface area contributed by atoms with Gasteiger partial charge in [-0.15, -0.1) is 0 Å². The molecule has 5 heteroatoms. The van der Waals surface area contributed by atoms with E-state index in [0.29, 0.717) is 18.0 Å². The molecule has 1 atom stereocenters. The van der Waals surface area contributed by atoms with Crippen LogP contribution in [0.2, 0.25) is 0 Å². The van der Waals surface area contributed by atoms with Crippen LogP contribution in [0.4, 0.5) is 5.69 Å². The second-order valence-electron chi connectivity index (χ2n) is 4.93. The molecule has 1 aliphatic heterocycles. The third-order valence-electron chi connectivity index (χ3n) is 3.54. The molecular weight excluding hydrogens is 256 g/mol. The summed E-state index contributed by atoms with van der Waals surface area (Å²) < 4.78 is 10.4. The van der Waals surface area contributed by atoms with E-state index in [-0.39, 0.29) is 12.0 Å². The van der Waals surface area contributed by atoms with Gasteiger partial charge in [-0.1, -0.05) is 23.4 Å². The average molecular weight is 272 g/mol. The summed E-state index contributed by atoms with van der Waals surface area (Å²) in [7, 11) is 1.67. The topological polar surface area (TPSA) is 55.6 Å². The van der Waals surface area contributed by atoms with Gasteiger partial charge in [-0.05, 0) is 18.6 Å². The van der Waals surface area contributed by atoms with Crippen LogP contribution in [0, 0.1) is 6.92 Å². The Morgan fingerprint density at radius 1 is 1.45 bits per heavy atom. The number of fused-ring (bicyclic) bond motifs is 1. The molecule has 0 spiro atoms. The molecule has 0 radical (unpaired) electrons. The molecule has 2 heterocycles. The Morgan fingerprint density at radius 2 is 2.25 bits per heavy atom. The first-order valence-corrected chi connectivity index (χ1v) is 6.55. The van der Waals surface area contributed by atoms with Gasteiger partial charge in [0.1, 0.15) is 5.76 Å². The van der Waals surface area contributed by atoms with Gasteiger partial charge in [0.2, 0.25) is 0 Å². The van der Waals surface area contributed by atoms with Crippen molar-refractivity contribution >= 4 is 11.6 Å². The van der Waals surface area contributed by atoms with Crippen molar-refractivity contribution in [2.24, 2.45) is 0 Å². The zero-order valence-corrected chi connectivity index (χ0v) is 11.5. The van der Waals surface area contributed by atoms with Crippen LogP contribution in [0.25, 0.3) is 0 Å². The van der Waals surface area contributed by atoms with Crippen LogP contribution < -0.4 is 4.90 Å². The Hall–Kier alpha value is -2.14. The van der Waals surface area contributed by atoms with E-state index in [9.17, 15) is 4.79 Å². The van der Waals surface area contributed by atoms with Crippen molar-refractivity contribution in [1.82, 2.24) is 5.16 Å². The average Bonchev–Trinajstić information content (AvgIpc) is 2.92. The number of nitrogens with zero attached hydrogens (tertiary/aromatic N) is 2. The summed E-state index contributed by atoms with van der Waals surface area (Å²) in [6, 6.07) is 9.53. The summed E-state index contributed by atoms with van der Waals surface area (Å²) in [5, 5.41) is 3.81. The predicted molar refractivity (Wildman–Crippen MR) is 73.9 cm³/mol. The SMILES string of the molecule is COC1Cc2ccccc2N(C(=O)c2cc(C)on2)C1. The summed E-state index contributed by atoms with van der Waals surface area (Å²) >= 11 is 0. The van der Waals surface area contributed by atoms with Gasteiger partial charge in [-0.2, -0.15) is 0 Å². The molecule has 1 aromatic carbocycles. The molecule has 1 aromatic heterocycles. The Kier molecular flexibility index (Phi) is 3.28. The number of ether oxygens (including phenoxy) is 1. The lowest BCUT2D eigenvalue weighted by Crippen LogP contribution is -2.43. The Morgan fingerprint density at radius 3 is 2.95 bits per heavy atom. The number of amides is 1. The number of anilines is 1. The minimum Gasteiger partial charge on any atom is -0.379 e. The largest absolute Gasteiger partial charge is 0.379 e. The monoisotopic (exact) mass is 272 g/mol. The number of hydrogen-bond acceptors (Lipinski definition) is 4. The van der Waals surface area contributed by atoms with Gasteiger partial charge in [0, 0.05) is 25.3 Å². The van der Waals surface area contributed by atoms with Gasteiger partial charge in [0.15, 0.2) is 5.69 Å². The van der Waals surface area contributed by atoms with Gasteiger partial charge in [0.05, 0.1) is 12.6 Å². The molecule has 0 fully saturated rings. The maximum atomic E-state index is 12.6. The van der Waals surface area contributed by atoms with Crippen molar-refractivity contribution in [1.29, 1.82) is 0 Å². The first-order valence-electron chi connectivity index (χ1n) is 6.55. The van der Waals surface area contributed by atoms with E-state index in [2.05, 4.69) is 5.16 Å². The number of methoxy groups -OCH3 is 1. The lowest BCUT2D eigenvalue weighted by Gasteiger charge is -2.33. The van der Waals surface area contributed by atoms with Crippen molar-refractivity contribution in [3.8, 4) is 0 Å². The zero-order chi connectivity index (χ0) is 14.1. The van der Waals surface area contributed by atoms with Crippen LogP contribution >= 0.6 is 0 Å². The number of rotatable bonds is 2. The maximum absolute atomic E-state index is 12.6. The molecule has 2 aromatic rings. The fourth-order valence-electron chi connectivity index (χ4n) is 2.51. The number of hydrogen-bond donors (Lipinski definition) is 0. The van der Waals surface area contributed by atoms with Gasteiger partial charge >= 0.3 is 0 Å². The first kappa shape index (κ1) is 12.9. The van der Waals surface area contributed by atoms with Crippen molar-refractivity contribution in [2.75, 3.05) is 18.6 Å². The third-order valence-corrected chi connectivity index (χ3v) is 3.54. The second kappa shape index (κ2) is 5.09. The van der Waals surface area contributed by atoms with Crippen molar-refractivity contribution in [3.05, 3.63) is 47.3 Å². The van der Waals surface area contributed by atoms with Gasteiger partial charge in [-0.25, -0.2) is 0 Å². The van der Waals surface area contributed by atoms with Crippen molar-refractivity contribution < 1.29 is 14.1 Å². The second-order valence-corrected chi connectivity index (χ2v) is 4.93. The van der Waals surface area contributed by atoms with E-state index in [1.54, 1.807) is 25.0 Å². The zero-order valence-electron chi connectivity index (χ0n) is 11.5. The van der Waals surface area contributed by atoms with E-state index in [0.717, 1.165) is 17.7 Å². The van der Waals surface area contributed by atoms with Crippen LogP contribution in [0.3, 0.4) is 0 Å². The predicted octanol–water partition coefficient (Wildman–Crippen LogP) is 2.20. The Bertz CT molecular complexity index is 636. The van der Waals surface area contributed by atoms with E-state index < -0.39 is 0 Å². The van der Waals surface area contributed by atoms with E-state index in [1.807, 2.05) is 24.3 Å². The lowest BCUT2D eigenvalue weighted by atomic mass is 9.99. The summed E-state index contributed by atoms with van der Waals surface area (Å²) in [5.74, 6) is 0.470. The Balaban J connectivity index is 1.98. The fraction of sp³-hybridized carbons (Fsp3) is 0.333. The quantitative estimate of drug-likeness (QED) is 0.841. The number of benzene rings is 1. The van der Waals surface area contributed by atoms with Crippen LogP contribution in [0.1, 0.15) is 21.8 Å². The van der Waals surface area contributed by atoms with E-state index >= 15 is 0 Å². The molecule has 20 heavy (non-hydrogen) atoms. The molecule has 0 N–H and O–H groups in total. The van der Waals surface area contributed by atoms with Gasteiger partial charge < -0.3 is 14.2 Å². The molecule has 104 valence electrons. The third kappa shape index (κ3) is 2.20. The molecule has 0 bridgehead atoms. The molecule has 1 unspecified atom stereocenters. The highest BCUT2D eigenvalue weighted by atomic mass is 16.5. The van der Waals surface area contributed by atoms with Gasteiger partial charge in [0.25, 0.3) is 5.91 Å². The number of carbonyl (C=O) groups is 1. The molecule has 5 nitrogen and oxygen atoms in total. The molecule has 0 aliphatic carbocycles. The molecule has 0 saturated heterocycles. The van der Waals surface area contributed by atoms with Crippen LogP contribution in [0.15, 0.2) is 34.9 Å². The summed E-state index contributed by atoms with van der Waals surface area (Å²) in [5.41, 5.74) is 2.36. The summed E-state index contributed by atoms with van der Waals surface area (Å²) in [6.45, 7) is 2.30. The van der Waals surface area contributed by atoms with Crippen LogP contribution in [-0.4, -0.2) is 30.8 Å². The summed E-state index contributed by atoms with van der Waals surface area (Å²) in [4.78, 5) is 14.3. The standard InChI is InChI=1S/C15H16N2O3/c1-10-7-13(16-20-10)15(18)17-9-12(19-2)8-11-5-3-4-6-14(11)17/h3-7,12H,8-9H2,1-2H3. The lowest BCUT2D eigenvalue weighted by molar-refractivity contribution is 0.0864. The summed E-state index contributed by atoms with van der Waals surface area (Å²) in [6.07, 6.45) is 0.815. The molecule has 0 saturated carbocycles. The van der Waals surface area contributed by atoms with Crippen LogP contribution in [0.5, 0.6) is 0 Å². The van der Waals surface area contributed by atoms with Gasteiger partial charge in [-0.3, -0.25) is 4.79 Å². The highest BCUT2D eigenvalue weighted by Gasteiger charge is 2.30. The van der Waals surface area contributed by atoms with Crippen molar-refractivity contribution in [3.63, 3.8) is 0 Å². The normalized spacial score (nSPS) is 17.9. The van der Waals surface area contributed by atoms with E-state index in [1.165, 1.54) is 0 Å². The number of aryl methyl sites for hydroxylation is 1. The maximum Gasteiger partial charge on any atom is 0.280 e. The number of aromatic nitrogens is 1. The fourth-order valence-corrected chi connectivity index (χ4v) is 2.51. The number of para-hydroxylation sites is 1.